The van der Waals surface area contributed by atoms with Gasteiger partial charge in [-0.3, -0.25) is 0 Å². The van der Waals surface area contributed by atoms with Crippen molar-refractivity contribution in [3.8, 4) is 5.69 Å². The van der Waals surface area contributed by atoms with Crippen LogP contribution in [0.4, 0.5) is 14.6 Å². The van der Waals surface area contributed by atoms with Gasteiger partial charge in [0.05, 0.1) is 11.6 Å². The fourth-order valence-electron chi connectivity index (χ4n) is 3.47. The molecule has 5 rings (SSSR count). The number of para-hydroxylation sites is 1. The highest BCUT2D eigenvalue weighted by molar-refractivity contribution is 5.87. The van der Waals surface area contributed by atoms with Gasteiger partial charge in [-0.2, -0.15) is 5.10 Å². The Balaban J connectivity index is 1.40. The molecule has 2 aromatic carbocycles. The Kier molecular flexibility index (Phi) is 4.16. The second-order valence-electron chi connectivity index (χ2n) is 6.65. The van der Waals surface area contributed by atoms with Crippen LogP contribution in [0.1, 0.15) is 5.56 Å². The van der Waals surface area contributed by atoms with Crippen molar-refractivity contribution in [2.75, 3.05) is 11.9 Å². The van der Waals surface area contributed by atoms with Crippen molar-refractivity contribution in [2.24, 2.45) is 0 Å². The van der Waals surface area contributed by atoms with Crippen LogP contribution in [0.15, 0.2) is 61.2 Å². The quantitative estimate of drug-likeness (QED) is 0.471. The van der Waals surface area contributed by atoms with Crippen molar-refractivity contribution in [3.05, 3.63) is 78.4 Å². The van der Waals surface area contributed by atoms with Crippen molar-refractivity contribution < 1.29 is 8.78 Å². The van der Waals surface area contributed by atoms with E-state index in [2.05, 4.69) is 31.4 Å². The number of aromatic nitrogens is 5. The lowest BCUT2D eigenvalue weighted by Gasteiger charge is -2.07. The van der Waals surface area contributed by atoms with Crippen LogP contribution < -0.4 is 5.32 Å². The lowest BCUT2D eigenvalue weighted by molar-refractivity contribution is 0.574. The highest BCUT2D eigenvalue weighted by atomic mass is 19.1. The molecule has 0 spiro atoms. The zero-order valence-electron chi connectivity index (χ0n) is 15.2. The average molecular weight is 390 g/mol. The molecule has 0 amide bonds. The predicted octanol–water partition coefficient (Wildman–Crippen LogP) is 4.23. The molecule has 0 fully saturated rings. The van der Waals surface area contributed by atoms with Crippen LogP contribution in [0.5, 0.6) is 0 Å². The molecular weight excluding hydrogens is 374 g/mol. The molecule has 0 aliphatic rings. The summed E-state index contributed by atoms with van der Waals surface area (Å²) < 4.78 is 28.7. The van der Waals surface area contributed by atoms with Gasteiger partial charge in [0.2, 0.25) is 0 Å². The van der Waals surface area contributed by atoms with E-state index in [9.17, 15) is 8.78 Å². The second kappa shape index (κ2) is 6.97. The standard InChI is InChI=1S/C21H16F2N6/c22-14-5-6-19(17(23)9-14)29-21-16(11-28-29)20(26-12-27-21)24-8-7-13-10-25-18-4-2-1-3-15(13)18/h1-6,9-12,25H,7-8H2,(H,24,26,27). The lowest BCUT2D eigenvalue weighted by atomic mass is 10.1. The van der Waals surface area contributed by atoms with Gasteiger partial charge in [0.25, 0.3) is 0 Å². The molecule has 144 valence electrons. The molecule has 0 saturated heterocycles. The minimum absolute atomic E-state index is 0.129. The number of rotatable bonds is 5. The molecule has 0 unspecified atom stereocenters. The summed E-state index contributed by atoms with van der Waals surface area (Å²) >= 11 is 0. The third-order valence-corrected chi connectivity index (χ3v) is 4.87. The van der Waals surface area contributed by atoms with Gasteiger partial charge < -0.3 is 10.3 Å². The largest absolute Gasteiger partial charge is 0.369 e. The van der Waals surface area contributed by atoms with Gasteiger partial charge in [0, 0.05) is 29.7 Å². The highest BCUT2D eigenvalue weighted by Gasteiger charge is 2.14. The molecule has 2 N–H and O–H groups in total. The van der Waals surface area contributed by atoms with Crippen molar-refractivity contribution in [1.82, 2.24) is 24.7 Å². The molecule has 3 heterocycles. The van der Waals surface area contributed by atoms with Crippen LogP contribution in [0, 0.1) is 11.6 Å². The van der Waals surface area contributed by atoms with Crippen LogP contribution in [-0.4, -0.2) is 31.3 Å². The van der Waals surface area contributed by atoms with Crippen molar-refractivity contribution >= 4 is 27.8 Å². The second-order valence-corrected chi connectivity index (χ2v) is 6.65. The van der Waals surface area contributed by atoms with Gasteiger partial charge >= 0.3 is 0 Å². The molecule has 0 saturated carbocycles. The SMILES string of the molecule is Fc1ccc(-n2ncc3c(NCCc4c[nH]c5ccccc45)ncnc32)c(F)c1. The van der Waals surface area contributed by atoms with Crippen molar-refractivity contribution in [1.29, 1.82) is 0 Å². The number of hydrogen-bond donors (Lipinski definition) is 2. The molecule has 6 nitrogen and oxygen atoms in total. The van der Waals surface area contributed by atoms with E-state index in [1.165, 1.54) is 34.1 Å². The first kappa shape index (κ1) is 17.3. The number of nitrogens with one attached hydrogen (secondary N) is 2. The van der Waals surface area contributed by atoms with Crippen LogP contribution in [0.2, 0.25) is 0 Å². The van der Waals surface area contributed by atoms with Gasteiger partial charge in [-0.25, -0.2) is 23.4 Å². The molecule has 0 aliphatic carbocycles. The monoisotopic (exact) mass is 390 g/mol. The van der Waals surface area contributed by atoms with Crippen LogP contribution in [-0.2, 0) is 6.42 Å². The van der Waals surface area contributed by atoms with Crippen molar-refractivity contribution in [2.45, 2.75) is 6.42 Å². The Morgan fingerprint density at radius 3 is 2.83 bits per heavy atom. The van der Waals surface area contributed by atoms with Crippen LogP contribution in [0.3, 0.4) is 0 Å². The molecule has 5 aromatic rings. The maximum atomic E-state index is 14.2. The number of fused-ring (bicyclic) bond motifs is 2. The molecular formula is C21H16F2N6. The summed E-state index contributed by atoms with van der Waals surface area (Å²) in [5.41, 5.74) is 2.89. The van der Waals surface area contributed by atoms with Gasteiger partial charge in [0.1, 0.15) is 23.6 Å². The number of benzene rings is 2. The molecule has 29 heavy (non-hydrogen) atoms. The van der Waals surface area contributed by atoms with E-state index in [-0.39, 0.29) is 5.69 Å². The Hall–Kier alpha value is -3.81. The summed E-state index contributed by atoms with van der Waals surface area (Å²) in [6, 6.07) is 11.5. The number of aromatic amines is 1. The molecule has 3 aromatic heterocycles. The molecule has 8 heteroatoms. The van der Waals surface area contributed by atoms with Crippen molar-refractivity contribution in [3.63, 3.8) is 0 Å². The summed E-state index contributed by atoms with van der Waals surface area (Å²) in [6.07, 6.45) is 5.79. The summed E-state index contributed by atoms with van der Waals surface area (Å²) in [5, 5.41) is 9.39. The van der Waals surface area contributed by atoms with Gasteiger partial charge in [-0.1, -0.05) is 18.2 Å². The number of H-pyrrole nitrogens is 1. The number of nitrogens with zero attached hydrogens (tertiary/aromatic N) is 4. The van der Waals surface area contributed by atoms with E-state index in [4.69, 9.17) is 0 Å². The Morgan fingerprint density at radius 1 is 1.03 bits per heavy atom. The fraction of sp³-hybridized carbons (Fsp3) is 0.0952. The minimum atomic E-state index is -0.706. The van der Waals surface area contributed by atoms with Gasteiger partial charge in [-0.05, 0) is 30.2 Å². The molecule has 0 aliphatic heterocycles. The average Bonchev–Trinajstić information content (AvgIpc) is 3.33. The zero-order chi connectivity index (χ0) is 19.8. The summed E-state index contributed by atoms with van der Waals surface area (Å²) in [7, 11) is 0. The van der Waals surface area contributed by atoms with Gasteiger partial charge in [-0.15, -0.1) is 0 Å². The first-order valence-electron chi connectivity index (χ1n) is 9.14. The lowest BCUT2D eigenvalue weighted by Crippen LogP contribution is -2.07. The smallest absolute Gasteiger partial charge is 0.168 e. The topological polar surface area (TPSA) is 71.4 Å². The summed E-state index contributed by atoms with van der Waals surface area (Å²) in [4.78, 5) is 11.8. The maximum absolute atomic E-state index is 14.2. The summed E-state index contributed by atoms with van der Waals surface area (Å²) in [5.74, 6) is -0.733. The third kappa shape index (κ3) is 3.08. The van der Waals surface area contributed by atoms with E-state index in [0.29, 0.717) is 23.4 Å². The highest BCUT2D eigenvalue weighted by Crippen LogP contribution is 2.24. The number of halogens is 2. The number of hydrogen-bond acceptors (Lipinski definition) is 4. The number of anilines is 1. The van der Waals surface area contributed by atoms with Crippen LogP contribution in [0.25, 0.3) is 27.6 Å². The van der Waals surface area contributed by atoms with Crippen LogP contribution >= 0.6 is 0 Å². The van der Waals surface area contributed by atoms with E-state index >= 15 is 0 Å². The minimum Gasteiger partial charge on any atom is -0.369 e. The zero-order valence-corrected chi connectivity index (χ0v) is 15.2. The third-order valence-electron chi connectivity index (χ3n) is 4.87. The molecule has 0 atom stereocenters. The Bertz CT molecular complexity index is 1320. The first-order valence-corrected chi connectivity index (χ1v) is 9.14. The van der Waals surface area contributed by atoms with E-state index in [1.807, 2.05) is 24.4 Å². The predicted molar refractivity (Wildman–Crippen MR) is 107 cm³/mol. The fourth-order valence-corrected chi connectivity index (χ4v) is 3.47. The van der Waals surface area contributed by atoms with E-state index in [1.54, 1.807) is 6.20 Å². The van der Waals surface area contributed by atoms with E-state index in [0.717, 1.165) is 18.0 Å². The summed E-state index contributed by atoms with van der Waals surface area (Å²) in [6.45, 7) is 0.657. The first-order chi connectivity index (χ1) is 14.2. The van der Waals surface area contributed by atoms with E-state index < -0.39 is 11.6 Å². The molecule has 0 bridgehead atoms. The van der Waals surface area contributed by atoms with Gasteiger partial charge in [0.15, 0.2) is 11.5 Å². The Labute approximate surface area is 164 Å². The normalized spacial score (nSPS) is 11.4. The molecule has 0 radical (unpaired) electrons. The maximum Gasteiger partial charge on any atom is 0.168 e. The Morgan fingerprint density at radius 2 is 1.93 bits per heavy atom.